The average Bonchev–Trinajstić information content (AvgIpc) is 3.37. The van der Waals surface area contributed by atoms with E-state index in [2.05, 4.69) is 0 Å². The van der Waals surface area contributed by atoms with Gasteiger partial charge < -0.3 is 4.90 Å². The lowest BCUT2D eigenvalue weighted by molar-refractivity contribution is -0.132. The van der Waals surface area contributed by atoms with Crippen LogP contribution in [0.25, 0.3) is 0 Å². The highest BCUT2D eigenvalue weighted by Gasteiger charge is 2.57. The number of nitrogens with zero attached hydrogens (tertiary/aromatic N) is 2. The number of carbonyl (C=O) groups is 1. The molecule has 9 heteroatoms. The quantitative estimate of drug-likeness (QED) is 0.489. The summed E-state index contributed by atoms with van der Waals surface area (Å²) in [6.07, 6.45) is 5.56. The molecule has 0 N–H and O–H groups in total. The Morgan fingerprint density at radius 2 is 1.60 bits per heavy atom. The van der Waals surface area contributed by atoms with Crippen molar-refractivity contribution in [3.05, 3.63) is 64.7 Å². The number of hydrogen-bond acceptors (Lipinski definition) is 3. The molecule has 0 bridgehead atoms. The largest absolute Gasteiger partial charge is 0.343 e. The zero-order valence-electron chi connectivity index (χ0n) is 19.4. The molecule has 0 spiro atoms. The summed E-state index contributed by atoms with van der Waals surface area (Å²) in [6.45, 7) is 1.50. The fraction of sp³-hybridized carbons (Fsp3) is 0.500. The molecule has 2 atom stereocenters. The first-order valence-corrected chi connectivity index (χ1v) is 14.0. The number of sulfonamides is 1. The molecule has 2 unspecified atom stereocenters. The third-order valence-corrected chi connectivity index (χ3v) is 9.97. The van der Waals surface area contributed by atoms with Gasteiger partial charge in [-0.15, -0.1) is 0 Å². The Labute approximate surface area is 210 Å². The molecule has 0 radical (unpaired) electrons. The molecule has 1 amide bonds. The van der Waals surface area contributed by atoms with Gasteiger partial charge in [0.05, 0.1) is 10.9 Å². The Bertz CT molecular complexity index is 1190. The summed E-state index contributed by atoms with van der Waals surface area (Å²) in [7, 11) is -4.04. The van der Waals surface area contributed by atoms with Crippen LogP contribution in [0.3, 0.4) is 0 Å². The van der Waals surface area contributed by atoms with Crippen LogP contribution in [0.2, 0.25) is 5.02 Å². The van der Waals surface area contributed by atoms with E-state index in [1.54, 1.807) is 0 Å². The van der Waals surface area contributed by atoms with Gasteiger partial charge in [0.1, 0.15) is 11.6 Å². The van der Waals surface area contributed by atoms with E-state index in [-0.39, 0.29) is 10.8 Å². The van der Waals surface area contributed by atoms with Crippen LogP contribution in [0.5, 0.6) is 0 Å². The molecule has 5 rings (SSSR count). The second-order valence-corrected chi connectivity index (χ2v) is 12.4. The topological polar surface area (TPSA) is 57.7 Å². The van der Waals surface area contributed by atoms with E-state index in [1.807, 2.05) is 4.90 Å². The summed E-state index contributed by atoms with van der Waals surface area (Å²) in [5, 5.41) is 0.415. The molecule has 2 heterocycles. The molecule has 2 aromatic carbocycles. The second-order valence-electron chi connectivity index (χ2n) is 10.1. The maximum atomic E-state index is 14.2. The first-order valence-electron chi connectivity index (χ1n) is 12.2. The normalized spacial score (nSPS) is 24.5. The fourth-order valence-corrected chi connectivity index (χ4v) is 7.94. The minimum Gasteiger partial charge on any atom is -0.343 e. The van der Waals surface area contributed by atoms with Crippen molar-refractivity contribution in [2.24, 2.45) is 5.41 Å². The van der Waals surface area contributed by atoms with Crippen molar-refractivity contribution >= 4 is 27.5 Å². The molecule has 0 aromatic heterocycles. The van der Waals surface area contributed by atoms with Crippen molar-refractivity contribution in [1.29, 1.82) is 0 Å². The van der Waals surface area contributed by atoms with Crippen LogP contribution in [0.15, 0.2) is 47.4 Å². The van der Waals surface area contributed by atoms with E-state index >= 15 is 0 Å². The zero-order chi connectivity index (χ0) is 24.8. The van der Waals surface area contributed by atoms with Crippen LogP contribution >= 0.6 is 11.6 Å². The van der Waals surface area contributed by atoms with Gasteiger partial charge in [-0.05, 0) is 92.3 Å². The monoisotopic (exact) mass is 522 g/mol. The van der Waals surface area contributed by atoms with Gasteiger partial charge in [-0.25, -0.2) is 17.2 Å². The zero-order valence-corrected chi connectivity index (χ0v) is 21.0. The maximum absolute atomic E-state index is 14.2. The van der Waals surface area contributed by atoms with Gasteiger partial charge in [0.2, 0.25) is 15.9 Å². The van der Waals surface area contributed by atoms with Crippen molar-refractivity contribution in [2.45, 2.75) is 68.3 Å². The lowest BCUT2D eigenvalue weighted by Gasteiger charge is -2.45. The molecular formula is C26H29ClF2N2O3S. The predicted molar refractivity (Wildman–Crippen MR) is 129 cm³/mol. The summed E-state index contributed by atoms with van der Waals surface area (Å²) in [6, 6.07) is 8.04. The van der Waals surface area contributed by atoms with Gasteiger partial charge in [-0.1, -0.05) is 11.6 Å². The number of likely N-dealkylation sites (tertiary alicyclic amines) is 1. The standard InChI is InChI=1S/C26H29ClF2N2O3S/c27-19-6-8-22(9-7-19)35(33,34)31-23(18-14-20(28)16-21(29)15-18)4-3-5-24(31)26(10-11-26)17-25(32)30-12-1-2-13-30/h6-9,14-16,23-24H,1-5,10-13,17H2. The molecule has 2 aliphatic heterocycles. The smallest absolute Gasteiger partial charge is 0.243 e. The van der Waals surface area contributed by atoms with E-state index in [0.717, 1.165) is 44.8 Å². The number of hydrogen-bond donors (Lipinski definition) is 0. The van der Waals surface area contributed by atoms with Gasteiger partial charge >= 0.3 is 0 Å². The van der Waals surface area contributed by atoms with Crippen molar-refractivity contribution < 1.29 is 22.0 Å². The van der Waals surface area contributed by atoms with Crippen LogP contribution in [0.1, 0.15) is 63.0 Å². The Morgan fingerprint density at radius 1 is 0.971 bits per heavy atom. The Morgan fingerprint density at radius 3 is 2.20 bits per heavy atom. The van der Waals surface area contributed by atoms with Crippen molar-refractivity contribution in [3.8, 4) is 0 Å². The van der Waals surface area contributed by atoms with Gasteiger partial charge in [0.15, 0.2) is 0 Å². The molecule has 5 nitrogen and oxygen atoms in total. The van der Waals surface area contributed by atoms with E-state index in [0.29, 0.717) is 36.3 Å². The van der Waals surface area contributed by atoms with E-state index in [4.69, 9.17) is 11.6 Å². The van der Waals surface area contributed by atoms with Crippen LogP contribution in [-0.2, 0) is 14.8 Å². The fourth-order valence-electron chi connectivity index (χ4n) is 5.86. The Kier molecular flexibility index (Phi) is 6.66. The summed E-state index contributed by atoms with van der Waals surface area (Å²) in [4.78, 5) is 15.0. The second kappa shape index (κ2) is 9.45. The van der Waals surface area contributed by atoms with Gasteiger partial charge in [0.25, 0.3) is 0 Å². The maximum Gasteiger partial charge on any atom is 0.243 e. The first kappa shape index (κ1) is 24.7. The van der Waals surface area contributed by atoms with Crippen LogP contribution in [0.4, 0.5) is 8.78 Å². The molecule has 188 valence electrons. The third kappa shape index (κ3) is 4.85. The first-order chi connectivity index (χ1) is 16.7. The van der Waals surface area contributed by atoms with Crippen molar-refractivity contribution in [3.63, 3.8) is 0 Å². The molecule has 2 aromatic rings. The summed E-state index contributed by atoms with van der Waals surface area (Å²) in [5.41, 5.74) is -0.157. The molecule has 1 saturated carbocycles. The average molecular weight is 523 g/mol. The Balaban J connectivity index is 1.56. The SMILES string of the molecule is O=C(CC1(C2CCCC(c3cc(F)cc(F)c3)N2S(=O)(=O)c2ccc(Cl)cc2)CC1)N1CCCC1. The van der Waals surface area contributed by atoms with Gasteiger partial charge in [-0.2, -0.15) is 4.31 Å². The van der Waals surface area contributed by atoms with Crippen LogP contribution in [-0.4, -0.2) is 42.7 Å². The summed E-state index contributed by atoms with van der Waals surface area (Å²) >= 11 is 6.00. The molecule has 35 heavy (non-hydrogen) atoms. The highest BCUT2D eigenvalue weighted by molar-refractivity contribution is 7.89. The van der Waals surface area contributed by atoms with Crippen LogP contribution in [0, 0.1) is 17.0 Å². The lowest BCUT2D eigenvalue weighted by atomic mass is 9.83. The Hall–Kier alpha value is -2.03. The summed E-state index contributed by atoms with van der Waals surface area (Å²) < 4.78 is 58.0. The lowest BCUT2D eigenvalue weighted by Crippen LogP contribution is -2.51. The van der Waals surface area contributed by atoms with Crippen molar-refractivity contribution in [1.82, 2.24) is 9.21 Å². The minimum atomic E-state index is -4.04. The number of piperidine rings is 1. The molecule has 2 saturated heterocycles. The molecule has 3 fully saturated rings. The molecule has 3 aliphatic rings. The van der Waals surface area contributed by atoms with Crippen LogP contribution < -0.4 is 0 Å². The van der Waals surface area contributed by atoms with E-state index in [9.17, 15) is 22.0 Å². The summed E-state index contributed by atoms with van der Waals surface area (Å²) in [5.74, 6) is -1.41. The third-order valence-electron chi connectivity index (χ3n) is 7.79. The van der Waals surface area contributed by atoms with Crippen molar-refractivity contribution in [2.75, 3.05) is 13.1 Å². The highest BCUT2D eigenvalue weighted by Crippen LogP contribution is 2.58. The van der Waals surface area contributed by atoms with E-state index in [1.165, 1.54) is 40.7 Å². The van der Waals surface area contributed by atoms with E-state index < -0.39 is 39.2 Å². The molecular weight excluding hydrogens is 494 g/mol. The minimum absolute atomic E-state index is 0.0720. The highest BCUT2D eigenvalue weighted by atomic mass is 35.5. The number of rotatable bonds is 6. The van der Waals surface area contributed by atoms with Gasteiger partial charge in [0, 0.05) is 36.6 Å². The van der Waals surface area contributed by atoms with Gasteiger partial charge in [-0.3, -0.25) is 4.79 Å². The number of amides is 1. The predicted octanol–water partition coefficient (Wildman–Crippen LogP) is 5.70. The number of benzene rings is 2. The molecule has 1 aliphatic carbocycles. The number of halogens is 3. The number of carbonyl (C=O) groups excluding carboxylic acids is 1.